The Morgan fingerprint density at radius 3 is 2.29 bits per heavy atom. The number of benzene rings is 1. The maximum atomic E-state index is 2.43. The highest BCUT2D eigenvalue weighted by Crippen LogP contribution is 2.30. The fourth-order valence-electron chi connectivity index (χ4n) is 2.39. The number of rotatable bonds is 1. The van der Waals surface area contributed by atoms with E-state index in [0.29, 0.717) is 0 Å². The van der Waals surface area contributed by atoms with Crippen molar-refractivity contribution >= 4 is 5.57 Å². The average molecular weight is 186 g/mol. The monoisotopic (exact) mass is 186 g/mol. The maximum Gasteiger partial charge on any atom is -0.0169 e. The zero-order valence-electron chi connectivity index (χ0n) is 9.14. The van der Waals surface area contributed by atoms with Crippen LogP contribution >= 0.6 is 0 Å². The first-order valence-electron chi connectivity index (χ1n) is 5.54. The van der Waals surface area contributed by atoms with Crippen molar-refractivity contribution in [3.05, 3.63) is 41.0 Å². The topological polar surface area (TPSA) is 0 Å². The standard InChI is InChI=1S/C14H18/c1-11-7-6-8-12(2)14(11)13-9-4-3-5-10-13/h6-9H,3-5,10H2,1-2H3. The minimum Gasteiger partial charge on any atom is -0.0807 e. The Hall–Kier alpha value is -1.04. The third-order valence-corrected chi connectivity index (χ3v) is 3.09. The molecule has 0 radical (unpaired) electrons. The normalized spacial score (nSPS) is 16.6. The first kappa shape index (κ1) is 9.51. The first-order chi connectivity index (χ1) is 6.79. The predicted molar refractivity (Wildman–Crippen MR) is 62.4 cm³/mol. The van der Waals surface area contributed by atoms with E-state index in [1.54, 1.807) is 5.57 Å². The Bertz CT molecular complexity index is 338. The van der Waals surface area contributed by atoms with Gasteiger partial charge in [0.1, 0.15) is 0 Å². The molecule has 1 aliphatic rings. The van der Waals surface area contributed by atoms with Crippen LogP contribution in [-0.4, -0.2) is 0 Å². The van der Waals surface area contributed by atoms with Crippen molar-refractivity contribution in [3.63, 3.8) is 0 Å². The van der Waals surface area contributed by atoms with Gasteiger partial charge in [-0.15, -0.1) is 0 Å². The quantitative estimate of drug-likeness (QED) is 0.614. The summed E-state index contributed by atoms with van der Waals surface area (Å²) in [6.07, 6.45) is 7.70. The molecule has 0 amide bonds. The van der Waals surface area contributed by atoms with Crippen molar-refractivity contribution in [2.45, 2.75) is 39.5 Å². The fourth-order valence-corrected chi connectivity index (χ4v) is 2.39. The van der Waals surface area contributed by atoms with Gasteiger partial charge in [0.05, 0.1) is 0 Å². The summed E-state index contributed by atoms with van der Waals surface area (Å²) in [5.74, 6) is 0. The minimum absolute atomic E-state index is 1.27. The van der Waals surface area contributed by atoms with E-state index in [4.69, 9.17) is 0 Å². The molecule has 0 saturated heterocycles. The van der Waals surface area contributed by atoms with Gasteiger partial charge in [-0.1, -0.05) is 24.3 Å². The fraction of sp³-hybridized carbons (Fsp3) is 0.429. The Morgan fingerprint density at radius 2 is 1.71 bits per heavy atom. The van der Waals surface area contributed by atoms with E-state index in [0.717, 1.165) is 0 Å². The molecular weight excluding hydrogens is 168 g/mol. The maximum absolute atomic E-state index is 2.43. The molecule has 0 nitrogen and oxygen atoms in total. The van der Waals surface area contributed by atoms with E-state index in [1.165, 1.54) is 42.4 Å². The number of aryl methyl sites for hydroxylation is 2. The number of hydrogen-bond acceptors (Lipinski definition) is 0. The van der Waals surface area contributed by atoms with Gasteiger partial charge >= 0.3 is 0 Å². The van der Waals surface area contributed by atoms with Crippen LogP contribution in [-0.2, 0) is 0 Å². The lowest BCUT2D eigenvalue weighted by molar-refractivity contribution is 0.741. The van der Waals surface area contributed by atoms with Crippen molar-refractivity contribution in [1.29, 1.82) is 0 Å². The van der Waals surface area contributed by atoms with Gasteiger partial charge in [0, 0.05) is 0 Å². The van der Waals surface area contributed by atoms with E-state index in [9.17, 15) is 0 Å². The summed E-state index contributed by atoms with van der Waals surface area (Å²) in [4.78, 5) is 0. The van der Waals surface area contributed by atoms with E-state index in [-0.39, 0.29) is 0 Å². The number of hydrogen-bond donors (Lipinski definition) is 0. The Kier molecular flexibility index (Phi) is 2.72. The van der Waals surface area contributed by atoms with Gasteiger partial charge in [-0.3, -0.25) is 0 Å². The average Bonchev–Trinajstić information content (AvgIpc) is 2.19. The molecule has 1 aliphatic carbocycles. The zero-order valence-corrected chi connectivity index (χ0v) is 9.14. The van der Waals surface area contributed by atoms with Gasteiger partial charge in [-0.25, -0.2) is 0 Å². The second kappa shape index (κ2) is 4.00. The van der Waals surface area contributed by atoms with Crippen molar-refractivity contribution in [3.8, 4) is 0 Å². The molecule has 14 heavy (non-hydrogen) atoms. The van der Waals surface area contributed by atoms with Crippen LogP contribution in [0.3, 0.4) is 0 Å². The highest BCUT2D eigenvalue weighted by Gasteiger charge is 2.10. The summed E-state index contributed by atoms with van der Waals surface area (Å²) in [6.45, 7) is 4.44. The van der Waals surface area contributed by atoms with Crippen LogP contribution in [0.1, 0.15) is 42.4 Å². The second-order valence-corrected chi connectivity index (χ2v) is 4.24. The van der Waals surface area contributed by atoms with Gasteiger partial charge in [0.2, 0.25) is 0 Å². The molecule has 0 heteroatoms. The van der Waals surface area contributed by atoms with Crippen LogP contribution in [0.25, 0.3) is 5.57 Å². The molecule has 1 aromatic carbocycles. The summed E-state index contributed by atoms with van der Waals surface area (Å²) in [5.41, 5.74) is 5.94. The summed E-state index contributed by atoms with van der Waals surface area (Å²) < 4.78 is 0. The second-order valence-electron chi connectivity index (χ2n) is 4.24. The molecule has 0 atom stereocenters. The van der Waals surface area contributed by atoms with Crippen LogP contribution in [0, 0.1) is 13.8 Å². The zero-order chi connectivity index (χ0) is 9.97. The molecule has 0 aromatic heterocycles. The van der Waals surface area contributed by atoms with Gasteiger partial charge in [0.15, 0.2) is 0 Å². The van der Waals surface area contributed by atoms with Gasteiger partial charge < -0.3 is 0 Å². The highest BCUT2D eigenvalue weighted by atomic mass is 14.1. The predicted octanol–water partition coefficient (Wildman–Crippen LogP) is 4.26. The summed E-state index contributed by atoms with van der Waals surface area (Å²) in [7, 11) is 0. The molecule has 0 fully saturated rings. The summed E-state index contributed by atoms with van der Waals surface area (Å²) in [6, 6.07) is 6.59. The largest absolute Gasteiger partial charge is 0.0807 e. The Balaban J connectivity index is 2.44. The molecule has 2 rings (SSSR count). The number of allylic oxidation sites excluding steroid dienone is 2. The first-order valence-corrected chi connectivity index (χ1v) is 5.54. The summed E-state index contributed by atoms with van der Waals surface area (Å²) >= 11 is 0. The van der Waals surface area contributed by atoms with Crippen LogP contribution in [0.15, 0.2) is 24.3 Å². The smallest absolute Gasteiger partial charge is 0.0169 e. The molecule has 0 heterocycles. The van der Waals surface area contributed by atoms with Gasteiger partial charge in [-0.2, -0.15) is 0 Å². The highest BCUT2D eigenvalue weighted by molar-refractivity contribution is 5.71. The van der Waals surface area contributed by atoms with Crippen LogP contribution in [0.4, 0.5) is 0 Å². The lowest BCUT2D eigenvalue weighted by Gasteiger charge is -2.17. The molecular formula is C14H18. The third-order valence-electron chi connectivity index (χ3n) is 3.09. The molecule has 0 N–H and O–H groups in total. The third kappa shape index (κ3) is 1.75. The molecule has 0 aliphatic heterocycles. The summed E-state index contributed by atoms with van der Waals surface area (Å²) in [5, 5.41) is 0. The van der Waals surface area contributed by atoms with E-state index < -0.39 is 0 Å². The van der Waals surface area contributed by atoms with Crippen LogP contribution in [0.5, 0.6) is 0 Å². The van der Waals surface area contributed by atoms with Gasteiger partial charge in [0.25, 0.3) is 0 Å². The SMILES string of the molecule is Cc1cccc(C)c1C1=CCCCC1. The Morgan fingerprint density at radius 1 is 1.00 bits per heavy atom. The Labute approximate surface area is 86.7 Å². The van der Waals surface area contributed by atoms with E-state index >= 15 is 0 Å². The molecule has 74 valence electrons. The van der Waals surface area contributed by atoms with Crippen LogP contribution in [0.2, 0.25) is 0 Å². The molecule has 0 unspecified atom stereocenters. The van der Waals surface area contributed by atoms with Crippen molar-refractivity contribution in [2.75, 3.05) is 0 Å². The molecule has 1 aromatic rings. The molecule has 0 bridgehead atoms. The molecule has 0 spiro atoms. The lowest BCUT2D eigenvalue weighted by Crippen LogP contribution is -1.96. The lowest BCUT2D eigenvalue weighted by atomic mass is 9.88. The van der Waals surface area contributed by atoms with Crippen molar-refractivity contribution in [2.24, 2.45) is 0 Å². The molecule has 0 saturated carbocycles. The van der Waals surface area contributed by atoms with E-state index in [2.05, 4.69) is 38.1 Å². The van der Waals surface area contributed by atoms with Crippen LogP contribution < -0.4 is 0 Å². The van der Waals surface area contributed by atoms with Crippen molar-refractivity contribution in [1.82, 2.24) is 0 Å². The minimum atomic E-state index is 1.27. The van der Waals surface area contributed by atoms with Gasteiger partial charge in [-0.05, 0) is 61.8 Å². The van der Waals surface area contributed by atoms with E-state index in [1.807, 2.05) is 0 Å². The van der Waals surface area contributed by atoms with Crippen molar-refractivity contribution < 1.29 is 0 Å².